The van der Waals surface area contributed by atoms with Crippen molar-refractivity contribution >= 4 is 5.96 Å². The Hall–Kier alpha value is -2.30. The first kappa shape index (κ1) is 19.0. The summed E-state index contributed by atoms with van der Waals surface area (Å²) in [5.74, 6) is 1.52. The molecule has 2 N–H and O–H groups in total. The minimum atomic E-state index is 0.213. The van der Waals surface area contributed by atoms with Gasteiger partial charge in [0.05, 0.1) is 6.04 Å². The minimum Gasteiger partial charge on any atom is -0.356 e. The van der Waals surface area contributed by atoms with Crippen LogP contribution in [0.3, 0.4) is 0 Å². The molecule has 1 heterocycles. The second-order valence-corrected chi connectivity index (χ2v) is 6.83. The van der Waals surface area contributed by atoms with Crippen LogP contribution in [-0.2, 0) is 13.0 Å². The van der Waals surface area contributed by atoms with E-state index in [9.17, 15) is 0 Å². The summed E-state index contributed by atoms with van der Waals surface area (Å²) in [5, 5.41) is 11.0. The number of aromatic nitrogens is 2. The Bertz CT molecular complexity index is 629. The van der Waals surface area contributed by atoms with Gasteiger partial charge in [-0.3, -0.25) is 9.67 Å². The van der Waals surface area contributed by atoms with Crippen LogP contribution in [0.5, 0.6) is 0 Å². The third-order valence-corrected chi connectivity index (χ3v) is 4.12. The first-order chi connectivity index (χ1) is 12.1. The summed E-state index contributed by atoms with van der Waals surface area (Å²) < 4.78 is 1.94. The van der Waals surface area contributed by atoms with Crippen LogP contribution in [0.1, 0.15) is 44.4 Å². The lowest BCUT2D eigenvalue weighted by atomic mass is 10.00. The fraction of sp³-hybridized carbons (Fsp3) is 0.500. The molecular formula is C20H31N5. The number of guanidine groups is 1. The highest BCUT2D eigenvalue weighted by atomic mass is 15.3. The predicted molar refractivity (Wildman–Crippen MR) is 105 cm³/mol. The van der Waals surface area contributed by atoms with Gasteiger partial charge < -0.3 is 10.6 Å². The molecular weight excluding hydrogens is 310 g/mol. The van der Waals surface area contributed by atoms with Crippen LogP contribution in [0, 0.1) is 5.92 Å². The largest absolute Gasteiger partial charge is 0.356 e. The van der Waals surface area contributed by atoms with Crippen LogP contribution in [0.15, 0.2) is 47.7 Å². The van der Waals surface area contributed by atoms with E-state index in [0.717, 1.165) is 31.9 Å². The Morgan fingerprint density at radius 1 is 1.20 bits per heavy atom. The summed E-state index contributed by atoms with van der Waals surface area (Å²) in [6.45, 7) is 8.43. The summed E-state index contributed by atoms with van der Waals surface area (Å²) in [5.41, 5.74) is 2.67. The van der Waals surface area contributed by atoms with Gasteiger partial charge in [-0.1, -0.05) is 38.1 Å². The third-order valence-electron chi connectivity index (χ3n) is 4.12. The highest BCUT2D eigenvalue weighted by molar-refractivity contribution is 5.80. The molecule has 0 aliphatic carbocycles. The average Bonchev–Trinajstić information content (AvgIpc) is 3.11. The average molecular weight is 342 g/mol. The first-order valence-electron chi connectivity index (χ1n) is 9.12. The van der Waals surface area contributed by atoms with Gasteiger partial charge in [-0.2, -0.15) is 5.10 Å². The van der Waals surface area contributed by atoms with Crippen LogP contribution < -0.4 is 10.6 Å². The van der Waals surface area contributed by atoms with Crippen LogP contribution >= 0.6 is 0 Å². The zero-order valence-corrected chi connectivity index (χ0v) is 15.9. The van der Waals surface area contributed by atoms with E-state index in [1.165, 1.54) is 11.1 Å². The van der Waals surface area contributed by atoms with Crippen molar-refractivity contribution in [3.8, 4) is 0 Å². The molecule has 0 fully saturated rings. The van der Waals surface area contributed by atoms with Crippen molar-refractivity contribution in [3.63, 3.8) is 0 Å². The molecule has 5 heteroatoms. The SMILES string of the molecule is CN=C(NCCCn1cccn1)NC(C)c1ccc(CC(C)C)cc1. The molecule has 1 unspecified atom stereocenters. The second kappa shape index (κ2) is 9.87. The van der Waals surface area contributed by atoms with Gasteiger partial charge in [-0.25, -0.2) is 0 Å². The molecule has 1 aromatic carbocycles. The Morgan fingerprint density at radius 2 is 1.96 bits per heavy atom. The lowest BCUT2D eigenvalue weighted by molar-refractivity contribution is 0.567. The first-order valence-corrected chi connectivity index (χ1v) is 9.12. The number of aryl methyl sites for hydroxylation is 1. The number of aliphatic imine (C=N–C) groups is 1. The van der Waals surface area contributed by atoms with Crippen molar-refractivity contribution in [3.05, 3.63) is 53.9 Å². The smallest absolute Gasteiger partial charge is 0.191 e. The van der Waals surface area contributed by atoms with E-state index in [4.69, 9.17) is 0 Å². The standard InChI is InChI=1S/C20H31N5/c1-16(2)15-18-7-9-19(10-8-18)17(3)24-20(21-4)22-11-5-13-25-14-6-12-23-25/h6-10,12,14,16-17H,5,11,13,15H2,1-4H3,(H2,21,22,24). The molecule has 25 heavy (non-hydrogen) atoms. The minimum absolute atomic E-state index is 0.213. The summed E-state index contributed by atoms with van der Waals surface area (Å²) in [7, 11) is 1.81. The van der Waals surface area contributed by atoms with Crippen LogP contribution in [0.25, 0.3) is 0 Å². The highest BCUT2D eigenvalue weighted by Gasteiger charge is 2.08. The van der Waals surface area contributed by atoms with E-state index < -0.39 is 0 Å². The number of benzene rings is 1. The van der Waals surface area contributed by atoms with Gasteiger partial charge in [0.15, 0.2) is 5.96 Å². The maximum Gasteiger partial charge on any atom is 0.191 e. The number of nitrogens with one attached hydrogen (secondary N) is 2. The van der Waals surface area contributed by atoms with Crippen molar-refractivity contribution < 1.29 is 0 Å². The number of rotatable bonds is 8. The van der Waals surface area contributed by atoms with E-state index in [1.54, 1.807) is 7.05 Å². The zero-order chi connectivity index (χ0) is 18.1. The molecule has 2 aromatic rings. The highest BCUT2D eigenvalue weighted by Crippen LogP contribution is 2.15. The molecule has 0 spiro atoms. The van der Waals surface area contributed by atoms with Gasteiger partial charge in [0.1, 0.15) is 0 Å². The molecule has 1 atom stereocenters. The predicted octanol–water partition coefficient (Wildman–Crippen LogP) is 3.40. The Labute approximate surface area is 151 Å². The van der Waals surface area contributed by atoms with Gasteiger partial charge in [0, 0.05) is 32.5 Å². The van der Waals surface area contributed by atoms with Crippen molar-refractivity contribution in [2.24, 2.45) is 10.9 Å². The number of nitrogens with zero attached hydrogens (tertiary/aromatic N) is 3. The molecule has 0 aliphatic rings. The van der Waals surface area contributed by atoms with Crippen molar-refractivity contribution in [2.45, 2.75) is 46.2 Å². The van der Waals surface area contributed by atoms with E-state index in [0.29, 0.717) is 5.92 Å². The molecule has 0 amide bonds. The normalized spacial score (nSPS) is 13.1. The van der Waals surface area contributed by atoms with E-state index in [1.807, 2.05) is 23.1 Å². The van der Waals surface area contributed by atoms with Gasteiger partial charge in [-0.05, 0) is 42.9 Å². The molecule has 136 valence electrons. The lowest BCUT2D eigenvalue weighted by Gasteiger charge is -2.19. The molecule has 0 saturated heterocycles. The molecule has 1 aromatic heterocycles. The van der Waals surface area contributed by atoms with Crippen LogP contribution in [0.4, 0.5) is 0 Å². The third kappa shape index (κ3) is 6.61. The summed E-state index contributed by atoms with van der Waals surface area (Å²) in [6, 6.07) is 11.0. The second-order valence-electron chi connectivity index (χ2n) is 6.83. The quantitative estimate of drug-likeness (QED) is 0.439. The van der Waals surface area contributed by atoms with E-state index in [2.05, 4.69) is 65.8 Å². The van der Waals surface area contributed by atoms with Crippen LogP contribution in [-0.4, -0.2) is 29.3 Å². The molecule has 2 rings (SSSR count). The van der Waals surface area contributed by atoms with E-state index in [-0.39, 0.29) is 6.04 Å². The van der Waals surface area contributed by atoms with Gasteiger partial charge in [-0.15, -0.1) is 0 Å². The summed E-state index contributed by atoms with van der Waals surface area (Å²) in [6.07, 6.45) is 5.92. The van der Waals surface area contributed by atoms with Gasteiger partial charge in [0.25, 0.3) is 0 Å². The topological polar surface area (TPSA) is 54.2 Å². The van der Waals surface area contributed by atoms with Crippen molar-refractivity contribution in [1.29, 1.82) is 0 Å². The van der Waals surface area contributed by atoms with Crippen molar-refractivity contribution in [1.82, 2.24) is 20.4 Å². The Kier molecular flexibility index (Phi) is 7.51. The summed E-state index contributed by atoms with van der Waals surface area (Å²) in [4.78, 5) is 4.32. The maximum atomic E-state index is 4.32. The Balaban J connectivity index is 1.77. The maximum absolute atomic E-state index is 4.32. The zero-order valence-electron chi connectivity index (χ0n) is 15.9. The van der Waals surface area contributed by atoms with Crippen LogP contribution in [0.2, 0.25) is 0 Å². The molecule has 5 nitrogen and oxygen atoms in total. The lowest BCUT2D eigenvalue weighted by Crippen LogP contribution is -2.39. The fourth-order valence-corrected chi connectivity index (χ4v) is 2.78. The van der Waals surface area contributed by atoms with Gasteiger partial charge >= 0.3 is 0 Å². The summed E-state index contributed by atoms with van der Waals surface area (Å²) >= 11 is 0. The van der Waals surface area contributed by atoms with E-state index >= 15 is 0 Å². The van der Waals surface area contributed by atoms with Crippen molar-refractivity contribution in [2.75, 3.05) is 13.6 Å². The van der Waals surface area contributed by atoms with Gasteiger partial charge in [0.2, 0.25) is 0 Å². The number of hydrogen-bond acceptors (Lipinski definition) is 2. The monoisotopic (exact) mass is 341 g/mol. The molecule has 0 radical (unpaired) electrons. The molecule has 0 aliphatic heterocycles. The Morgan fingerprint density at radius 3 is 2.56 bits per heavy atom. The number of hydrogen-bond donors (Lipinski definition) is 2. The molecule has 0 saturated carbocycles. The fourth-order valence-electron chi connectivity index (χ4n) is 2.78. The molecule has 0 bridgehead atoms.